The van der Waals surface area contributed by atoms with Gasteiger partial charge in [-0.1, -0.05) is 0 Å². The molecule has 0 aliphatic rings. The van der Waals surface area contributed by atoms with Crippen molar-refractivity contribution in [2.75, 3.05) is 6.61 Å². The first-order chi connectivity index (χ1) is 4.16. The average Bonchev–Trinajstić information content (AvgIpc) is 1.83. The van der Waals surface area contributed by atoms with Crippen molar-refractivity contribution in [3.63, 3.8) is 0 Å². The summed E-state index contributed by atoms with van der Waals surface area (Å²) in [5.41, 5.74) is 0. The Kier molecular flexibility index (Phi) is 3.66. The Labute approximate surface area is 52.1 Å². The molecule has 9 heavy (non-hydrogen) atoms. The molecule has 0 aromatic heterocycles. The Morgan fingerprint density at radius 1 is 1.67 bits per heavy atom. The van der Waals surface area contributed by atoms with E-state index >= 15 is 0 Å². The molecular formula is C5H8O4. The molecule has 0 heterocycles. The number of hydrogen-bond donors (Lipinski definition) is 3. The van der Waals surface area contributed by atoms with Crippen molar-refractivity contribution >= 4 is 5.97 Å². The van der Waals surface area contributed by atoms with Crippen molar-refractivity contribution in [3.05, 3.63) is 12.2 Å². The van der Waals surface area contributed by atoms with E-state index in [-0.39, 0.29) is 0 Å². The third-order valence-electron chi connectivity index (χ3n) is 0.648. The molecule has 0 fully saturated rings. The van der Waals surface area contributed by atoms with E-state index in [0.717, 1.165) is 12.2 Å². The molecule has 0 saturated heterocycles. The van der Waals surface area contributed by atoms with E-state index in [1.165, 1.54) is 0 Å². The largest absolute Gasteiger partial charge is 0.478 e. The highest BCUT2D eigenvalue weighted by Crippen LogP contribution is 1.82. The van der Waals surface area contributed by atoms with Gasteiger partial charge in [0.05, 0.1) is 12.7 Å². The van der Waals surface area contributed by atoms with Gasteiger partial charge in [-0.2, -0.15) is 0 Å². The van der Waals surface area contributed by atoms with Crippen LogP contribution in [0.3, 0.4) is 0 Å². The van der Waals surface area contributed by atoms with Crippen LogP contribution in [0, 0.1) is 0 Å². The van der Waals surface area contributed by atoms with Gasteiger partial charge in [0.1, 0.15) is 0 Å². The summed E-state index contributed by atoms with van der Waals surface area (Å²) in [5, 5.41) is 24.6. The summed E-state index contributed by atoms with van der Waals surface area (Å²) in [4.78, 5) is 9.74. The first-order valence-electron chi connectivity index (χ1n) is 2.37. The standard InChI is InChI=1S/C5H8O4/c6-3-4(7)1-2-5(8)9/h1-2,4,6-7H,3H2,(H,8,9)/b2-1+. The minimum atomic E-state index is -1.14. The number of aliphatic hydroxyl groups is 2. The second kappa shape index (κ2) is 4.05. The van der Waals surface area contributed by atoms with Crippen LogP contribution in [0.15, 0.2) is 12.2 Å². The number of hydrogen-bond acceptors (Lipinski definition) is 3. The molecular weight excluding hydrogens is 124 g/mol. The van der Waals surface area contributed by atoms with E-state index in [1.54, 1.807) is 0 Å². The fraction of sp³-hybridized carbons (Fsp3) is 0.400. The van der Waals surface area contributed by atoms with E-state index in [4.69, 9.17) is 15.3 Å². The van der Waals surface area contributed by atoms with Gasteiger partial charge >= 0.3 is 5.97 Å². The lowest BCUT2D eigenvalue weighted by molar-refractivity contribution is -0.131. The van der Waals surface area contributed by atoms with Crippen molar-refractivity contribution in [1.29, 1.82) is 0 Å². The fourth-order valence-corrected chi connectivity index (χ4v) is 0.254. The molecule has 0 spiro atoms. The van der Waals surface area contributed by atoms with Crippen LogP contribution in [0.5, 0.6) is 0 Å². The second-order valence-electron chi connectivity index (χ2n) is 1.45. The molecule has 0 amide bonds. The molecule has 52 valence electrons. The topological polar surface area (TPSA) is 77.8 Å². The first kappa shape index (κ1) is 8.13. The van der Waals surface area contributed by atoms with Gasteiger partial charge in [-0.25, -0.2) is 4.79 Å². The van der Waals surface area contributed by atoms with Crippen LogP contribution < -0.4 is 0 Å². The SMILES string of the molecule is O=C(O)/C=C/C(O)CO. The molecule has 0 radical (unpaired) electrons. The van der Waals surface area contributed by atoms with Crippen molar-refractivity contribution in [2.45, 2.75) is 6.10 Å². The zero-order chi connectivity index (χ0) is 7.28. The lowest BCUT2D eigenvalue weighted by Gasteiger charge is -1.95. The predicted molar refractivity (Wildman–Crippen MR) is 29.9 cm³/mol. The quantitative estimate of drug-likeness (QED) is 0.429. The lowest BCUT2D eigenvalue weighted by Crippen LogP contribution is -2.08. The molecule has 0 aliphatic heterocycles. The zero-order valence-electron chi connectivity index (χ0n) is 4.69. The average molecular weight is 132 g/mol. The van der Waals surface area contributed by atoms with Gasteiger partial charge in [0, 0.05) is 6.08 Å². The van der Waals surface area contributed by atoms with E-state index in [1.807, 2.05) is 0 Å². The number of aliphatic carboxylic acids is 1. The predicted octanol–water partition coefficient (Wildman–Crippen LogP) is -1.02. The number of carboxylic acid groups (broad SMARTS) is 1. The van der Waals surface area contributed by atoms with E-state index in [0.29, 0.717) is 0 Å². The zero-order valence-corrected chi connectivity index (χ0v) is 4.69. The van der Waals surface area contributed by atoms with Gasteiger partial charge in [-0.3, -0.25) is 0 Å². The van der Waals surface area contributed by atoms with Crippen molar-refractivity contribution < 1.29 is 20.1 Å². The summed E-state index contributed by atoms with van der Waals surface area (Å²) >= 11 is 0. The number of carbonyl (C=O) groups is 1. The Morgan fingerprint density at radius 2 is 2.22 bits per heavy atom. The van der Waals surface area contributed by atoms with Crippen molar-refractivity contribution in [2.24, 2.45) is 0 Å². The van der Waals surface area contributed by atoms with E-state index < -0.39 is 18.7 Å². The maximum atomic E-state index is 9.74. The molecule has 0 saturated carbocycles. The van der Waals surface area contributed by atoms with Gasteiger partial charge in [-0.05, 0) is 6.08 Å². The Balaban J connectivity index is 3.56. The molecule has 1 unspecified atom stereocenters. The minimum Gasteiger partial charge on any atom is -0.478 e. The number of aliphatic hydroxyl groups excluding tert-OH is 2. The van der Waals surface area contributed by atoms with Crippen LogP contribution >= 0.6 is 0 Å². The van der Waals surface area contributed by atoms with Crippen LogP contribution in [0.1, 0.15) is 0 Å². The highest BCUT2D eigenvalue weighted by atomic mass is 16.4. The Bertz CT molecular complexity index is 118. The third kappa shape index (κ3) is 4.99. The maximum Gasteiger partial charge on any atom is 0.328 e. The van der Waals surface area contributed by atoms with Crippen molar-refractivity contribution in [3.8, 4) is 0 Å². The Hall–Kier alpha value is -0.870. The van der Waals surface area contributed by atoms with Crippen LogP contribution in [-0.2, 0) is 4.79 Å². The van der Waals surface area contributed by atoms with E-state index in [9.17, 15) is 4.79 Å². The van der Waals surface area contributed by atoms with Crippen LogP contribution in [0.25, 0.3) is 0 Å². The molecule has 0 aromatic rings. The van der Waals surface area contributed by atoms with Gasteiger partial charge in [0.15, 0.2) is 0 Å². The fourth-order valence-electron chi connectivity index (χ4n) is 0.254. The van der Waals surface area contributed by atoms with E-state index in [2.05, 4.69) is 0 Å². The van der Waals surface area contributed by atoms with Crippen LogP contribution in [0.2, 0.25) is 0 Å². The van der Waals surface area contributed by atoms with Gasteiger partial charge < -0.3 is 15.3 Å². The van der Waals surface area contributed by atoms with Crippen LogP contribution in [0.4, 0.5) is 0 Å². The summed E-state index contributed by atoms with van der Waals surface area (Å²) in [5.74, 6) is -1.14. The second-order valence-corrected chi connectivity index (χ2v) is 1.45. The van der Waals surface area contributed by atoms with Crippen molar-refractivity contribution in [1.82, 2.24) is 0 Å². The molecule has 3 N–H and O–H groups in total. The normalized spacial score (nSPS) is 14.0. The van der Waals surface area contributed by atoms with Gasteiger partial charge in [0.25, 0.3) is 0 Å². The summed E-state index contributed by atoms with van der Waals surface area (Å²) in [6, 6.07) is 0. The molecule has 0 bridgehead atoms. The highest BCUT2D eigenvalue weighted by Gasteiger charge is 1.94. The minimum absolute atomic E-state index is 0.455. The summed E-state index contributed by atoms with van der Waals surface area (Å²) in [6.07, 6.45) is 0.713. The lowest BCUT2D eigenvalue weighted by atomic mass is 10.3. The Morgan fingerprint density at radius 3 is 2.56 bits per heavy atom. The van der Waals surface area contributed by atoms with Gasteiger partial charge in [-0.15, -0.1) is 0 Å². The molecule has 1 atom stereocenters. The molecule has 0 aromatic carbocycles. The number of rotatable bonds is 3. The molecule has 4 nitrogen and oxygen atoms in total. The maximum absolute atomic E-state index is 9.74. The summed E-state index contributed by atoms with van der Waals surface area (Å²) in [6.45, 7) is -0.455. The highest BCUT2D eigenvalue weighted by molar-refractivity contribution is 5.79. The summed E-state index contributed by atoms with van der Waals surface area (Å²) in [7, 11) is 0. The smallest absolute Gasteiger partial charge is 0.328 e. The van der Waals surface area contributed by atoms with Crippen LogP contribution in [-0.4, -0.2) is 34.0 Å². The third-order valence-corrected chi connectivity index (χ3v) is 0.648. The molecule has 0 aliphatic carbocycles. The molecule has 4 heteroatoms. The molecule has 0 rings (SSSR count). The number of carboxylic acids is 1. The summed E-state index contributed by atoms with van der Waals surface area (Å²) < 4.78 is 0. The first-order valence-corrected chi connectivity index (χ1v) is 2.37. The monoisotopic (exact) mass is 132 g/mol. The van der Waals surface area contributed by atoms with Gasteiger partial charge in [0.2, 0.25) is 0 Å².